The Balaban J connectivity index is 1.76. The molecule has 2 aliphatic rings. The van der Waals surface area contributed by atoms with Crippen LogP contribution in [0.3, 0.4) is 0 Å². The second-order valence-corrected chi connectivity index (χ2v) is 7.79. The van der Waals surface area contributed by atoms with E-state index in [1.807, 2.05) is 11.8 Å². The molecule has 0 aromatic rings. The summed E-state index contributed by atoms with van der Waals surface area (Å²) in [6.45, 7) is 3.66. The molecule has 112 valence electrons. The van der Waals surface area contributed by atoms with Gasteiger partial charge in [0.25, 0.3) is 0 Å². The van der Waals surface area contributed by atoms with Crippen molar-refractivity contribution in [2.24, 2.45) is 17.8 Å². The summed E-state index contributed by atoms with van der Waals surface area (Å²) in [5.74, 6) is 4.40. The lowest BCUT2D eigenvalue weighted by Gasteiger charge is -2.36. The Hall–Kier alpha value is 0.310. The molecule has 1 N–H and O–H groups in total. The van der Waals surface area contributed by atoms with Crippen LogP contribution < -0.4 is 5.32 Å². The predicted molar refractivity (Wildman–Crippen MR) is 87.9 cm³/mol. The molecule has 2 saturated carbocycles. The molecule has 2 fully saturated rings. The highest BCUT2D eigenvalue weighted by Gasteiger charge is 2.31. The van der Waals surface area contributed by atoms with Gasteiger partial charge in [-0.2, -0.15) is 11.8 Å². The minimum atomic E-state index is 0.889. The smallest absolute Gasteiger partial charge is 0.00683 e. The van der Waals surface area contributed by atoms with E-state index in [4.69, 9.17) is 0 Å². The zero-order valence-electron chi connectivity index (χ0n) is 13.0. The zero-order valence-corrected chi connectivity index (χ0v) is 13.8. The van der Waals surface area contributed by atoms with E-state index in [1.54, 1.807) is 0 Å². The third-order valence-corrected chi connectivity index (χ3v) is 5.81. The van der Waals surface area contributed by atoms with Gasteiger partial charge in [0.1, 0.15) is 0 Å². The SMILES string of the molecule is CCCC1CCC(CNC2CC2)C(CCCSC)C1. The first-order valence-corrected chi connectivity index (χ1v) is 9.95. The topological polar surface area (TPSA) is 12.0 Å². The normalized spacial score (nSPS) is 31.6. The van der Waals surface area contributed by atoms with Gasteiger partial charge in [-0.25, -0.2) is 0 Å². The molecule has 2 aliphatic carbocycles. The van der Waals surface area contributed by atoms with E-state index < -0.39 is 0 Å². The van der Waals surface area contributed by atoms with Gasteiger partial charge in [0, 0.05) is 6.04 Å². The average molecular weight is 284 g/mol. The van der Waals surface area contributed by atoms with Crippen molar-refractivity contribution in [2.75, 3.05) is 18.6 Å². The Bertz CT molecular complexity index is 239. The van der Waals surface area contributed by atoms with Crippen LogP contribution in [-0.2, 0) is 0 Å². The zero-order chi connectivity index (χ0) is 13.5. The van der Waals surface area contributed by atoms with Crippen LogP contribution in [0.4, 0.5) is 0 Å². The van der Waals surface area contributed by atoms with Gasteiger partial charge >= 0.3 is 0 Å². The monoisotopic (exact) mass is 283 g/mol. The lowest BCUT2D eigenvalue weighted by molar-refractivity contribution is 0.158. The standard InChI is InChI=1S/C17H33NS/c1-3-5-14-7-8-16(13-18-17-9-10-17)15(12-14)6-4-11-19-2/h14-18H,3-13H2,1-2H3. The summed E-state index contributed by atoms with van der Waals surface area (Å²) in [5.41, 5.74) is 0. The van der Waals surface area contributed by atoms with E-state index in [0.717, 1.165) is 23.8 Å². The summed E-state index contributed by atoms with van der Waals surface area (Å²) >= 11 is 2.02. The highest BCUT2D eigenvalue weighted by Crippen LogP contribution is 2.38. The van der Waals surface area contributed by atoms with Crippen LogP contribution in [0.15, 0.2) is 0 Å². The van der Waals surface area contributed by atoms with Crippen molar-refractivity contribution in [1.82, 2.24) is 5.32 Å². The molecule has 2 heteroatoms. The van der Waals surface area contributed by atoms with Crippen molar-refractivity contribution in [1.29, 1.82) is 0 Å². The van der Waals surface area contributed by atoms with E-state index in [2.05, 4.69) is 18.5 Å². The molecule has 0 aliphatic heterocycles. The first kappa shape index (κ1) is 15.7. The minimum Gasteiger partial charge on any atom is -0.314 e. The van der Waals surface area contributed by atoms with Crippen molar-refractivity contribution >= 4 is 11.8 Å². The van der Waals surface area contributed by atoms with Crippen LogP contribution in [0.1, 0.15) is 64.7 Å². The van der Waals surface area contributed by atoms with Gasteiger partial charge in [-0.15, -0.1) is 0 Å². The summed E-state index contributed by atoms with van der Waals surface area (Å²) in [7, 11) is 0. The van der Waals surface area contributed by atoms with Crippen LogP contribution in [-0.4, -0.2) is 24.6 Å². The van der Waals surface area contributed by atoms with E-state index in [1.165, 1.54) is 70.1 Å². The molecular weight excluding hydrogens is 250 g/mol. The van der Waals surface area contributed by atoms with Gasteiger partial charge in [-0.1, -0.05) is 26.2 Å². The molecule has 0 spiro atoms. The molecule has 0 aromatic heterocycles. The van der Waals surface area contributed by atoms with Crippen molar-refractivity contribution in [2.45, 2.75) is 70.8 Å². The molecule has 0 bridgehead atoms. The fourth-order valence-corrected chi connectivity index (χ4v) is 4.27. The number of hydrogen-bond acceptors (Lipinski definition) is 2. The maximum Gasteiger partial charge on any atom is 0.00683 e. The van der Waals surface area contributed by atoms with Crippen LogP contribution in [0.2, 0.25) is 0 Å². The first-order chi connectivity index (χ1) is 9.33. The summed E-state index contributed by atoms with van der Waals surface area (Å²) < 4.78 is 0. The van der Waals surface area contributed by atoms with Gasteiger partial charge in [-0.3, -0.25) is 0 Å². The van der Waals surface area contributed by atoms with E-state index in [-0.39, 0.29) is 0 Å². The van der Waals surface area contributed by atoms with Gasteiger partial charge < -0.3 is 5.32 Å². The average Bonchev–Trinajstić information content (AvgIpc) is 3.22. The number of nitrogens with one attached hydrogen (secondary N) is 1. The molecule has 19 heavy (non-hydrogen) atoms. The van der Waals surface area contributed by atoms with Gasteiger partial charge in [0.05, 0.1) is 0 Å². The third-order valence-electron chi connectivity index (χ3n) is 5.11. The van der Waals surface area contributed by atoms with Crippen molar-refractivity contribution in [3.8, 4) is 0 Å². The van der Waals surface area contributed by atoms with Crippen molar-refractivity contribution in [3.63, 3.8) is 0 Å². The van der Waals surface area contributed by atoms with Crippen molar-refractivity contribution in [3.05, 3.63) is 0 Å². The fraction of sp³-hybridized carbons (Fsp3) is 1.00. The Kier molecular flexibility index (Phi) is 7.07. The third kappa shape index (κ3) is 5.67. The number of rotatable bonds is 9. The lowest BCUT2D eigenvalue weighted by Crippen LogP contribution is -2.34. The van der Waals surface area contributed by atoms with Gasteiger partial charge in [0.15, 0.2) is 0 Å². The number of thioether (sulfide) groups is 1. The molecule has 0 radical (unpaired) electrons. The maximum absolute atomic E-state index is 3.79. The molecule has 0 aromatic carbocycles. The second kappa shape index (κ2) is 8.56. The van der Waals surface area contributed by atoms with Crippen LogP contribution in [0.5, 0.6) is 0 Å². The quantitative estimate of drug-likeness (QED) is 0.615. The Morgan fingerprint density at radius 3 is 2.58 bits per heavy atom. The molecule has 1 nitrogen and oxygen atoms in total. The predicted octanol–water partition coefficient (Wildman–Crippen LogP) is 4.71. The van der Waals surface area contributed by atoms with E-state index >= 15 is 0 Å². The molecule has 2 rings (SSSR count). The highest BCUT2D eigenvalue weighted by atomic mass is 32.2. The molecule has 0 amide bonds. The fourth-order valence-electron chi connectivity index (χ4n) is 3.81. The molecule has 0 heterocycles. The second-order valence-electron chi connectivity index (χ2n) is 6.81. The Morgan fingerprint density at radius 2 is 1.89 bits per heavy atom. The van der Waals surface area contributed by atoms with Gasteiger partial charge in [-0.05, 0) is 74.8 Å². The van der Waals surface area contributed by atoms with Crippen LogP contribution >= 0.6 is 11.8 Å². The molecule has 3 atom stereocenters. The van der Waals surface area contributed by atoms with Crippen LogP contribution in [0, 0.1) is 17.8 Å². The summed E-state index contributed by atoms with van der Waals surface area (Å²) in [6.07, 6.45) is 15.4. The first-order valence-electron chi connectivity index (χ1n) is 8.55. The van der Waals surface area contributed by atoms with E-state index in [0.29, 0.717) is 0 Å². The summed E-state index contributed by atoms with van der Waals surface area (Å²) in [5, 5.41) is 3.79. The largest absolute Gasteiger partial charge is 0.314 e. The molecule has 3 unspecified atom stereocenters. The molecule has 0 saturated heterocycles. The molecular formula is C17H33NS. The number of hydrogen-bond donors (Lipinski definition) is 1. The Labute approximate surface area is 124 Å². The maximum atomic E-state index is 3.79. The van der Waals surface area contributed by atoms with Crippen molar-refractivity contribution < 1.29 is 0 Å². The van der Waals surface area contributed by atoms with Crippen LogP contribution in [0.25, 0.3) is 0 Å². The highest BCUT2D eigenvalue weighted by molar-refractivity contribution is 7.98. The summed E-state index contributed by atoms with van der Waals surface area (Å²) in [6, 6.07) is 0.889. The van der Waals surface area contributed by atoms with Gasteiger partial charge in [0.2, 0.25) is 0 Å². The minimum absolute atomic E-state index is 0.889. The lowest BCUT2D eigenvalue weighted by atomic mass is 9.71. The summed E-state index contributed by atoms with van der Waals surface area (Å²) in [4.78, 5) is 0. The Morgan fingerprint density at radius 1 is 1.05 bits per heavy atom. The van der Waals surface area contributed by atoms with E-state index in [9.17, 15) is 0 Å².